The van der Waals surface area contributed by atoms with Crippen LogP contribution >= 0.6 is 34.8 Å². The summed E-state index contributed by atoms with van der Waals surface area (Å²) in [5.41, 5.74) is 1.64. The summed E-state index contributed by atoms with van der Waals surface area (Å²) in [6, 6.07) is 10.5. The van der Waals surface area contributed by atoms with Gasteiger partial charge in [0, 0.05) is 6.42 Å². The van der Waals surface area contributed by atoms with Crippen molar-refractivity contribution in [1.82, 2.24) is 0 Å². The lowest BCUT2D eigenvalue weighted by Gasteiger charge is -2.13. The summed E-state index contributed by atoms with van der Waals surface area (Å²) in [7, 11) is 1.54. The number of hydrogen-bond acceptors (Lipinski definition) is 2. The molecule has 20 heavy (non-hydrogen) atoms. The molecule has 0 saturated heterocycles. The van der Waals surface area contributed by atoms with E-state index in [1.807, 2.05) is 6.07 Å². The minimum Gasteiger partial charge on any atom is -0.495 e. The lowest BCUT2D eigenvalue weighted by molar-refractivity contribution is 0.178. The molecule has 0 bridgehead atoms. The average molecular weight is 332 g/mol. The first-order valence-electron chi connectivity index (χ1n) is 5.96. The van der Waals surface area contributed by atoms with Crippen LogP contribution in [0.2, 0.25) is 15.1 Å². The summed E-state index contributed by atoms with van der Waals surface area (Å²) >= 11 is 17.8. The van der Waals surface area contributed by atoms with Crippen molar-refractivity contribution in [3.05, 3.63) is 62.6 Å². The first kappa shape index (κ1) is 15.5. The third-order valence-corrected chi connectivity index (χ3v) is 4.02. The predicted molar refractivity (Wildman–Crippen MR) is 83.1 cm³/mol. The standard InChI is InChI=1S/C15H13Cl3O2/c1-20-15-8-10(3-5-12(15)17)14(19)7-9-2-4-11(16)13(18)6-9/h2-6,8,14,19H,7H2,1H3. The van der Waals surface area contributed by atoms with Crippen molar-refractivity contribution in [2.75, 3.05) is 7.11 Å². The lowest BCUT2D eigenvalue weighted by atomic mass is 10.0. The lowest BCUT2D eigenvalue weighted by Crippen LogP contribution is -2.02. The number of aliphatic hydroxyl groups is 1. The van der Waals surface area contributed by atoms with Crippen molar-refractivity contribution in [1.29, 1.82) is 0 Å². The SMILES string of the molecule is COc1cc(C(O)Cc2ccc(Cl)c(Cl)c2)ccc1Cl. The second kappa shape index (κ2) is 6.68. The molecule has 0 radical (unpaired) electrons. The Kier molecular flexibility index (Phi) is 5.17. The van der Waals surface area contributed by atoms with E-state index >= 15 is 0 Å². The Morgan fingerprint density at radius 3 is 2.35 bits per heavy atom. The molecule has 0 saturated carbocycles. The second-order valence-electron chi connectivity index (χ2n) is 4.36. The third kappa shape index (κ3) is 3.58. The molecule has 5 heteroatoms. The van der Waals surface area contributed by atoms with Crippen molar-refractivity contribution in [3.8, 4) is 5.75 Å². The van der Waals surface area contributed by atoms with Gasteiger partial charge in [-0.2, -0.15) is 0 Å². The largest absolute Gasteiger partial charge is 0.495 e. The smallest absolute Gasteiger partial charge is 0.137 e. The van der Waals surface area contributed by atoms with Crippen molar-refractivity contribution in [2.24, 2.45) is 0 Å². The third-order valence-electron chi connectivity index (χ3n) is 2.97. The molecule has 2 rings (SSSR count). The molecule has 0 spiro atoms. The molecule has 1 N–H and O–H groups in total. The molecule has 0 heterocycles. The van der Waals surface area contributed by atoms with Crippen molar-refractivity contribution >= 4 is 34.8 Å². The van der Waals surface area contributed by atoms with E-state index in [1.54, 1.807) is 30.3 Å². The van der Waals surface area contributed by atoms with Gasteiger partial charge in [0.05, 0.1) is 28.3 Å². The molecule has 0 aliphatic rings. The highest BCUT2D eigenvalue weighted by Gasteiger charge is 2.12. The molecule has 0 aromatic heterocycles. The van der Waals surface area contributed by atoms with Gasteiger partial charge in [0.1, 0.15) is 5.75 Å². The summed E-state index contributed by atoms with van der Waals surface area (Å²) in [5.74, 6) is 0.539. The maximum absolute atomic E-state index is 10.3. The second-order valence-corrected chi connectivity index (χ2v) is 5.58. The maximum Gasteiger partial charge on any atom is 0.137 e. The molecule has 0 fully saturated rings. The predicted octanol–water partition coefficient (Wildman–Crippen LogP) is 4.93. The van der Waals surface area contributed by atoms with Crippen LogP contribution in [-0.4, -0.2) is 12.2 Å². The van der Waals surface area contributed by atoms with Crippen LogP contribution in [0.4, 0.5) is 0 Å². The first-order chi connectivity index (χ1) is 9.51. The zero-order chi connectivity index (χ0) is 14.7. The molecule has 0 amide bonds. The minimum atomic E-state index is -0.668. The average Bonchev–Trinajstić information content (AvgIpc) is 2.43. The highest BCUT2D eigenvalue weighted by Crippen LogP contribution is 2.30. The van der Waals surface area contributed by atoms with Crippen LogP contribution in [0.15, 0.2) is 36.4 Å². The van der Waals surface area contributed by atoms with E-state index in [1.165, 1.54) is 7.11 Å². The first-order valence-corrected chi connectivity index (χ1v) is 7.10. The van der Waals surface area contributed by atoms with Gasteiger partial charge in [0.2, 0.25) is 0 Å². The van der Waals surface area contributed by atoms with E-state index in [0.29, 0.717) is 27.2 Å². The Bertz CT molecular complexity index is 614. The van der Waals surface area contributed by atoms with Gasteiger partial charge < -0.3 is 9.84 Å². The number of halogens is 3. The fourth-order valence-corrected chi connectivity index (χ4v) is 2.41. The molecule has 1 unspecified atom stereocenters. The Labute approximate surface area is 132 Å². The number of aliphatic hydroxyl groups excluding tert-OH is 1. The van der Waals surface area contributed by atoms with Gasteiger partial charge in [-0.15, -0.1) is 0 Å². The monoisotopic (exact) mass is 330 g/mol. The summed E-state index contributed by atoms with van der Waals surface area (Å²) in [5, 5.41) is 11.8. The Morgan fingerprint density at radius 2 is 1.70 bits per heavy atom. The highest BCUT2D eigenvalue weighted by atomic mass is 35.5. The zero-order valence-electron chi connectivity index (χ0n) is 10.7. The highest BCUT2D eigenvalue weighted by molar-refractivity contribution is 6.42. The van der Waals surface area contributed by atoms with E-state index in [9.17, 15) is 5.11 Å². The molecule has 2 nitrogen and oxygen atoms in total. The van der Waals surface area contributed by atoms with Gasteiger partial charge in [0.25, 0.3) is 0 Å². The number of benzene rings is 2. The van der Waals surface area contributed by atoms with Gasteiger partial charge in [-0.1, -0.05) is 46.9 Å². The molecule has 2 aromatic carbocycles. The van der Waals surface area contributed by atoms with E-state index in [4.69, 9.17) is 39.5 Å². The van der Waals surface area contributed by atoms with Crippen molar-refractivity contribution in [3.63, 3.8) is 0 Å². The van der Waals surface area contributed by atoms with Crippen LogP contribution in [0.3, 0.4) is 0 Å². The molecule has 2 aromatic rings. The zero-order valence-corrected chi connectivity index (χ0v) is 13.0. The Balaban J connectivity index is 2.19. The van der Waals surface area contributed by atoms with E-state index in [2.05, 4.69) is 0 Å². The Morgan fingerprint density at radius 1 is 1.00 bits per heavy atom. The molecule has 106 valence electrons. The fraction of sp³-hybridized carbons (Fsp3) is 0.200. The minimum absolute atomic E-state index is 0.432. The van der Waals surface area contributed by atoms with E-state index < -0.39 is 6.10 Å². The molecular formula is C15H13Cl3O2. The summed E-state index contributed by atoms with van der Waals surface area (Å²) < 4.78 is 5.14. The summed E-state index contributed by atoms with van der Waals surface area (Å²) in [6.07, 6.45) is -0.236. The molecule has 0 aliphatic heterocycles. The van der Waals surface area contributed by atoms with E-state index in [-0.39, 0.29) is 0 Å². The molecular weight excluding hydrogens is 319 g/mol. The number of rotatable bonds is 4. The summed E-state index contributed by atoms with van der Waals surface area (Å²) in [4.78, 5) is 0. The normalized spacial score (nSPS) is 12.2. The number of methoxy groups -OCH3 is 1. The van der Waals surface area contributed by atoms with Crippen molar-refractivity contribution < 1.29 is 9.84 Å². The van der Waals surface area contributed by atoms with Crippen LogP contribution in [0.1, 0.15) is 17.2 Å². The van der Waals surface area contributed by atoms with Gasteiger partial charge in [-0.05, 0) is 35.4 Å². The van der Waals surface area contributed by atoms with Crippen LogP contribution in [0, 0.1) is 0 Å². The van der Waals surface area contributed by atoms with Crippen molar-refractivity contribution in [2.45, 2.75) is 12.5 Å². The number of hydrogen-bond donors (Lipinski definition) is 1. The molecule has 0 aliphatic carbocycles. The number of ether oxygens (including phenoxy) is 1. The fourth-order valence-electron chi connectivity index (χ4n) is 1.89. The topological polar surface area (TPSA) is 29.5 Å². The van der Waals surface area contributed by atoms with Crippen LogP contribution < -0.4 is 4.74 Å². The van der Waals surface area contributed by atoms with Gasteiger partial charge >= 0.3 is 0 Å². The van der Waals surface area contributed by atoms with Gasteiger partial charge in [0.15, 0.2) is 0 Å². The van der Waals surface area contributed by atoms with Crippen LogP contribution in [-0.2, 0) is 6.42 Å². The Hall–Kier alpha value is -0.930. The summed E-state index contributed by atoms with van der Waals surface area (Å²) in [6.45, 7) is 0. The molecule has 1 atom stereocenters. The quantitative estimate of drug-likeness (QED) is 0.860. The van der Waals surface area contributed by atoms with Gasteiger partial charge in [-0.25, -0.2) is 0 Å². The van der Waals surface area contributed by atoms with Crippen LogP contribution in [0.5, 0.6) is 5.75 Å². The maximum atomic E-state index is 10.3. The van der Waals surface area contributed by atoms with Crippen LogP contribution in [0.25, 0.3) is 0 Å². The van der Waals surface area contributed by atoms with Gasteiger partial charge in [-0.3, -0.25) is 0 Å². The van der Waals surface area contributed by atoms with E-state index in [0.717, 1.165) is 11.1 Å².